The van der Waals surface area contributed by atoms with Gasteiger partial charge in [-0.05, 0) is 30.7 Å². The number of pyridine rings is 1. The number of ether oxygens (including phenoxy) is 1. The molecule has 0 unspecified atom stereocenters. The molecule has 10 nitrogen and oxygen atoms in total. The molecule has 0 spiro atoms. The van der Waals surface area contributed by atoms with Crippen LogP contribution in [0.5, 0.6) is 11.5 Å². The molecule has 35 heavy (non-hydrogen) atoms. The van der Waals surface area contributed by atoms with Crippen LogP contribution in [0.1, 0.15) is 21.6 Å². The average molecular weight is 476 g/mol. The number of carbonyl (C=O) groups is 1. The summed E-state index contributed by atoms with van der Waals surface area (Å²) < 4.78 is 21.6. The van der Waals surface area contributed by atoms with Crippen molar-refractivity contribution in [3.63, 3.8) is 0 Å². The van der Waals surface area contributed by atoms with Crippen LogP contribution in [-0.2, 0) is 6.54 Å². The molecule has 0 aliphatic heterocycles. The quantitative estimate of drug-likeness (QED) is 0.374. The number of hydrogen-bond acceptors (Lipinski definition) is 7. The SMILES string of the molecule is CNC(=O)c1cc(Oc2ccc(Nc3nc(=O)[nH]c(=O)n3Cc3ccc(C)cc3)cc2F)ccn1. The summed E-state index contributed by atoms with van der Waals surface area (Å²) in [6, 6.07) is 14.4. The maximum Gasteiger partial charge on any atom is 0.352 e. The molecule has 4 rings (SSSR count). The highest BCUT2D eigenvalue weighted by Gasteiger charge is 2.13. The molecule has 0 radical (unpaired) electrons. The predicted molar refractivity (Wildman–Crippen MR) is 127 cm³/mol. The summed E-state index contributed by atoms with van der Waals surface area (Å²) in [5.74, 6) is -1.04. The zero-order valence-corrected chi connectivity index (χ0v) is 18.8. The van der Waals surface area contributed by atoms with Gasteiger partial charge in [0.15, 0.2) is 11.6 Å². The van der Waals surface area contributed by atoms with Crippen molar-refractivity contribution < 1.29 is 13.9 Å². The minimum Gasteiger partial charge on any atom is -0.454 e. The number of benzene rings is 2. The molecular formula is C24H21FN6O4. The molecule has 11 heteroatoms. The number of amides is 1. The largest absolute Gasteiger partial charge is 0.454 e. The Hall–Kier alpha value is -4.80. The lowest BCUT2D eigenvalue weighted by Gasteiger charge is -2.14. The number of aryl methyl sites for hydroxylation is 1. The Morgan fingerprint density at radius 2 is 1.89 bits per heavy atom. The standard InChI is InChI=1S/C24H21FN6O4/c1-14-3-5-15(6-4-14)13-31-22(29-23(33)30-24(31)34)28-16-7-8-20(18(25)11-16)35-17-9-10-27-19(12-17)21(32)26-2/h3-12H,13H2,1-2H3,(H,26,32)(H2,28,29,30,33,34). The van der Waals surface area contributed by atoms with E-state index in [9.17, 15) is 18.8 Å². The lowest BCUT2D eigenvalue weighted by Crippen LogP contribution is -2.34. The van der Waals surface area contributed by atoms with E-state index in [2.05, 4.69) is 25.6 Å². The molecule has 178 valence electrons. The highest BCUT2D eigenvalue weighted by molar-refractivity contribution is 5.92. The van der Waals surface area contributed by atoms with Crippen LogP contribution >= 0.6 is 0 Å². The fraction of sp³-hybridized carbons (Fsp3) is 0.125. The number of halogens is 1. The number of carbonyl (C=O) groups excluding carboxylic acids is 1. The summed E-state index contributed by atoms with van der Waals surface area (Å²) in [6.07, 6.45) is 1.37. The van der Waals surface area contributed by atoms with Crippen molar-refractivity contribution in [1.82, 2.24) is 24.8 Å². The second-order valence-corrected chi connectivity index (χ2v) is 7.57. The van der Waals surface area contributed by atoms with E-state index < -0.39 is 23.1 Å². The average Bonchev–Trinajstić information content (AvgIpc) is 2.84. The van der Waals surface area contributed by atoms with E-state index in [1.54, 1.807) is 0 Å². The number of nitrogens with one attached hydrogen (secondary N) is 3. The molecule has 0 atom stereocenters. The Morgan fingerprint density at radius 3 is 2.60 bits per heavy atom. The van der Waals surface area contributed by atoms with E-state index in [1.165, 1.54) is 42.1 Å². The summed E-state index contributed by atoms with van der Waals surface area (Å²) in [7, 11) is 1.47. The van der Waals surface area contributed by atoms with Crippen LogP contribution in [0.4, 0.5) is 16.0 Å². The third-order valence-electron chi connectivity index (χ3n) is 4.99. The molecule has 0 saturated heterocycles. The van der Waals surface area contributed by atoms with Crippen molar-refractivity contribution in [2.45, 2.75) is 13.5 Å². The molecule has 2 heterocycles. The van der Waals surface area contributed by atoms with Gasteiger partial charge >= 0.3 is 11.4 Å². The Bertz CT molecular complexity index is 1500. The fourth-order valence-corrected chi connectivity index (χ4v) is 3.20. The lowest BCUT2D eigenvalue weighted by molar-refractivity contribution is 0.0958. The fourth-order valence-electron chi connectivity index (χ4n) is 3.20. The lowest BCUT2D eigenvalue weighted by atomic mass is 10.1. The Balaban J connectivity index is 1.58. The molecule has 2 aromatic heterocycles. The van der Waals surface area contributed by atoms with Gasteiger partial charge in [-0.15, -0.1) is 0 Å². The first-order valence-corrected chi connectivity index (χ1v) is 10.5. The first kappa shape index (κ1) is 23.4. The van der Waals surface area contributed by atoms with Crippen LogP contribution in [0.3, 0.4) is 0 Å². The van der Waals surface area contributed by atoms with Crippen LogP contribution in [0.2, 0.25) is 0 Å². The second-order valence-electron chi connectivity index (χ2n) is 7.57. The number of aromatic amines is 1. The van der Waals surface area contributed by atoms with Gasteiger partial charge in [0, 0.05) is 31.1 Å². The minimum absolute atomic E-state index is 0.0447. The van der Waals surface area contributed by atoms with Gasteiger partial charge in [0.2, 0.25) is 5.95 Å². The molecule has 1 amide bonds. The van der Waals surface area contributed by atoms with Gasteiger partial charge in [-0.3, -0.25) is 19.3 Å². The highest BCUT2D eigenvalue weighted by atomic mass is 19.1. The molecule has 4 aromatic rings. The molecular weight excluding hydrogens is 455 g/mol. The summed E-state index contributed by atoms with van der Waals surface area (Å²) in [5, 5.41) is 5.27. The van der Waals surface area contributed by atoms with Crippen molar-refractivity contribution in [3.8, 4) is 11.5 Å². The second kappa shape index (κ2) is 10.00. The van der Waals surface area contributed by atoms with Crippen LogP contribution in [0.15, 0.2) is 70.4 Å². The highest BCUT2D eigenvalue weighted by Crippen LogP contribution is 2.27. The summed E-state index contributed by atoms with van der Waals surface area (Å²) in [4.78, 5) is 45.9. The van der Waals surface area contributed by atoms with E-state index in [4.69, 9.17) is 4.74 Å². The summed E-state index contributed by atoms with van der Waals surface area (Å²) in [5.41, 5.74) is 0.758. The third kappa shape index (κ3) is 5.58. The molecule has 0 aliphatic rings. The van der Waals surface area contributed by atoms with Crippen molar-refractivity contribution in [1.29, 1.82) is 0 Å². The summed E-state index contributed by atoms with van der Waals surface area (Å²) >= 11 is 0. The van der Waals surface area contributed by atoms with Crippen LogP contribution < -0.4 is 26.7 Å². The van der Waals surface area contributed by atoms with Gasteiger partial charge in [0.25, 0.3) is 5.91 Å². The molecule has 0 aliphatic carbocycles. The molecule has 3 N–H and O–H groups in total. The maximum absolute atomic E-state index is 14.8. The third-order valence-corrected chi connectivity index (χ3v) is 4.99. The Kier molecular flexibility index (Phi) is 6.67. The first-order valence-electron chi connectivity index (χ1n) is 10.5. The molecule has 0 fully saturated rings. The van der Waals surface area contributed by atoms with Gasteiger partial charge in [-0.25, -0.2) is 14.0 Å². The maximum atomic E-state index is 14.8. The summed E-state index contributed by atoms with van der Waals surface area (Å²) in [6.45, 7) is 2.09. The van der Waals surface area contributed by atoms with Gasteiger partial charge in [0.05, 0.1) is 6.54 Å². The number of nitrogens with zero attached hydrogens (tertiary/aromatic N) is 3. The van der Waals surface area contributed by atoms with E-state index in [0.717, 1.165) is 17.2 Å². The van der Waals surface area contributed by atoms with Crippen LogP contribution in [0.25, 0.3) is 0 Å². The van der Waals surface area contributed by atoms with E-state index in [-0.39, 0.29) is 35.4 Å². The van der Waals surface area contributed by atoms with Crippen LogP contribution in [0, 0.1) is 12.7 Å². The Labute approximate surface area is 198 Å². The number of rotatable bonds is 7. The molecule has 0 saturated carbocycles. The molecule has 2 aromatic carbocycles. The minimum atomic E-state index is -0.831. The van der Waals surface area contributed by atoms with Crippen molar-refractivity contribution in [2.24, 2.45) is 0 Å². The zero-order valence-electron chi connectivity index (χ0n) is 18.8. The van der Waals surface area contributed by atoms with Gasteiger partial charge in [-0.1, -0.05) is 29.8 Å². The van der Waals surface area contributed by atoms with Gasteiger partial charge < -0.3 is 15.4 Å². The van der Waals surface area contributed by atoms with Crippen LogP contribution in [-0.4, -0.2) is 32.5 Å². The van der Waals surface area contributed by atoms with Crippen molar-refractivity contribution in [3.05, 3.63) is 104 Å². The zero-order chi connectivity index (χ0) is 24.9. The van der Waals surface area contributed by atoms with Crippen molar-refractivity contribution >= 4 is 17.5 Å². The molecule has 0 bridgehead atoms. The van der Waals surface area contributed by atoms with E-state index in [0.29, 0.717) is 0 Å². The smallest absolute Gasteiger partial charge is 0.352 e. The Morgan fingerprint density at radius 1 is 1.11 bits per heavy atom. The topological polar surface area (TPSA) is 131 Å². The number of H-pyrrole nitrogens is 1. The monoisotopic (exact) mass is 476 g/mol. The number of anilines is 2. The van der Waals surface area contributed by atoms with Gasteiger partial charge in [0.1, 0.15) is 11.4 Å². The first-order chi connectivity index (χ1) is 16.8. The number of aromatic nitrogens is 4. The normalized spacial score (nSPS) is 10.6. The van der Waals surface area contributed by atoms with E-state index in [1.807, 2.05) is 31.2 Å². The predicted octanol–water partition coefficient (Wildman–Crippen LogP) is 2.72. The van der Waals surface area contributed by atoms with E-state index >= 15 is 0 Å². The number of hydrogen-bond donors (Lipinski definition) is 3. The van der Waals surface area contributed by atoms with Crippen molar-refractivity contribution in [2.75, 3.05) is 12.4 Å². The van der Waals surface area contributed by atoms with Gasteiger partial charge in [-0.2, -0.15) is 4.98 Å².